The van der Waals surface area contributed by atoms with E-state index >= 15 is 9.13 Å². The molecule has 0 saturated heterocycles. The van der Waals surface area contributed by atoms with E-state index in [1.54, 1.807) is 0 Å². The molecule has 0 aliphatic heterocycles. The lowest BCUT2D eigenvalue weighted by Crippen LogP contribution is -2.20. The molecule has 294 valence electrons. The molecule has 9 aromatic rings. The number of fused-ring (bicyclic) bond motifs is 4. The molecule has 1 heterocycles. The van der Waals surface area contributed by atoms with Gasteiger partial charge >= 0.3 is 15.2 Å². The third kappa shape index (κ3) is 8.97. The minimum atomic E-state index is -4.46. The van der Waals surface area contributed by atoms with Crippen molar-refractivity contribution in [2.24, 2.45) is 0 Å². The predicted octanol–water partition coefficient (Wildman–Crippen LogP) is 12.5. The van der Waals surface area contributed by atoms with E-state index in [9.17, 15) is 0 Å². The van der Waals surface area contributed by atoms with Gasteiger partial charge in [-0.1, -0.05) is 146 Å². The van der Waals surface area contributed by atoms with E-state index in [2.05, 4.69) is 15.4 Å². The Morgan fingerprint density at radius 3 is 1.02 bits per heavy atom. The molecule has 1 N–H and O–H groups in total. The molecule has 0 atom stereocenters. The molecule has 0 radical (unpaired) electrons. The lowest BCUT2D eigenvalue weighted by Gasteiger charge is -2.32. The van der Waals surface area contributed by atoms with E-state index in [1.165, 1.54) is 6.20 Å². The number of nitrogens with zero attached hydrogens (tertiary/aromatic N) is 2. The van der Waals surface area contributed by atoms with Gasteiger partial charge in [-0.25, -0.2) is 0 Å². The molecule has 0 bridgehead atoms. The number of rotatable bonds is 16. The van der Waals surface area contributed by atoms with Crippen LogP contribution in [-0.4, -0.2) is 20.8 Å². The average Bonchev–Trinajstić information content (AvgIpc) is 3.81. The Bertz CT molecular complexity index is 2630. The summed E-state index contributed by atoms with van der Waals surface area (Å²) in [4.78, 5) is 0. The number of benzene rings is 8. The fourth-order valence-electron chi connectivity index (χ4n) is 7.30. The topological polar surface area (TPSA) is 113 Å². The number of aromatic nitrogens is 3. The van der Waals surface area contributed by atoms with Gasteiger partial charge < -0.3 is 18.1 Å². The van der Waals surface area contributed by atoms with Crippen LogP contribution in [0.3, 0.4) is 0 Å². The normalized spacial score (nSPS) is 12.3. The molecule has 9 nitrogen and oxygen atoms in total. The summed E-state index contributed by atoms with van der Waals surface area (Å²) in [6.45, 7) is -0.371. The molecule has 0 fully saturated rings. The lowest BCUT2D eigenvalue weighted by atomic mass is 10.1. The first kappa shape index (κ1) is 38.7. The number of hydrogen-bond acceptors (Lipinski definition) is 8. The Morgan fingerprint density at radius 1 is 0.424 bits per heavy atom. The summed E-state index contributed by atoms with van der Waals surface area (Å²) >= 11 is 0. The monoisotopic (exact) mass is 817 g/mol. The number of hydrogen-bond donors (Lipinski definition) is 1. The second kappa shape index (κ2) is 17.2. The maximum Gasteiger partial charge on any atom is 0.346 e. The highest BCUT2D eigenvalue weighted by molar-refractivity contribution is 7.72. The van der Waals surface area contributed by atoms with Crippen LogP contribution in [0.4, 0.5) is 0 Å². The zero-order valence-electron chi connectivity index (χ0n) is 32.1. The van der Waals surface area contributed by atoms with Crippen LogP contribution in [0.15, 0.2) is 176 Å². The van der Waals surface area contributed by atoms with Crippen molar-refractivity contribution in [1.29, 1.82) is 0 Å². The van der Waals surface area contributed by atoms with Crippen molar-refractivity contribution in [3.8, 4) is 0 Å². The third-order valence-electron chi connectivity index (χ3n) is 10.5. The number of H-pyrrole nitrogens is 1. The summed E-state index contributed by atoms with van der Waals surface area (Å²) in [5.41, 5.74) is 3.46. The smallest absolute Gasteiger partial charge is 0.303 e. The number of aromatic amines is 1. The first-order chi connectivity index (χ1) is 28.9. The largest absolute Gasteiger partial charge is 0.346 e. The highest BCUT2D eigenvalue weighted by Crippen LogP contribution is 2.72. The quantitative estimate of drug-likeness (QED) is 0.0959. The van der Waals surface area contributed by atoms with Crippen molar-refractivity contribution in [3.05, 3.63) is 204 Å². The van der Waals surface area contributed by atoms with Gasteiger partial charge in [0.2, 0.25) is 0 Å². The summed E-state index contributed by atoms with van der Waals surface area (Å²) in [5, 5.41) is 17.7. The van der Waals surface area contributed by atoms with E-state index in [-0.39, 0.29) is 32.8 Å². The molecule has 0 amide bonds. The van der Waals surface area contributed by atoms with E-state index in [4.69, 9.17) is 18.1 Å². The summed E-state index contributed by atoms with van der Waals surface area (Å²) in [5.74, 6) is 0. The van der Waals surface area contributed by atoms with E-state index in [0.717, 1.165) is 65.3 Å². The van der Waals surface area contributed by atoms with Gasteiger partial charge in [0.25, 0.3) is 0 Å². The Balaban J connectivity index is 1.11. The van der Waals surface area contributed by atoms with Gasteiger partial charge in [-0.05, 0) is 89.6 Å². The maximum absolute atomic E-state index is 15.9. The molecular weight excluding hydrogens is 776 g/mol. The van der Waals surface area contributed by atoms with Crippen molar-refractivity contribution in [3.63, 3.8) is 0 Å². The van der Waals surface area contributed by atoms with Gasteiger partial charge in [-0.15, -0.1) is 0 Å². The third-order valence-corrected chi connectivity index (χ3v) is 16.0. The van der Waals surface area contributed by atoms with Crippen LogP contribution < -0.4 is 0 Å². The van der Waals surface area contributed by atoms with Crippen LogP contribution in [0, 0.1) is 0 Å². The molecule has 0 aliphatic rings. The molecule has 0 saturated carbocycles. The van der Waals surface area contributed by atoms with Gasteiger partial charge in [0.15, 0.2) is 5.40 Å². The van der Waals surface area contributed by atoms with Crippen LogP contribution in [0.1, 0.15) is 27.9 Å². The van der Waals surface area contributed by atoms with Crippen molar-refractivity contribution >= 4 is 58.3 Å². The Morgan fingerprint density at radius 2 is 0.729 bits per heavy atom. The first-order valence-electron chi connectivity index (χ1n) is 19.4. The van der Waals surface area contributed by atoms with Crippen LogP contribution in [0.25, 0.3) is 43.1 Å². The highest BCUT2D eigenvalue weighted by atomic mass is 31.2. The van der Waals surface area contributed by atoms with Crippen LogP contribution >= 0.6 is 15.2 Å². The summed E-state index contributed by atoms with van der Waals surface area (Å²) in [7, 11) is -8.92. The Kier molecular flexibility index (Phi) is 11.3. The second-order valence-electron chi connectivity index (χ2n) is 14.5. The van der Waals surface area contributed by atoms with E-state index in [0.29, 0.717) is 5.69 Å². The van der Waals surface area contributed by atoms with Gasteiger partial charge in [0.05, 0.1) is 38.3 Å². The molecule has 0 spiro atoms. The molecule has 1 aromatic heterocycles. The zero-order valence-corrected chi connectivity index (χ0v) is 33.9. The average molecular weight is 818 g/mol. The summed E-state index contributed by atoms with van der Waals surface area (Å²) < 4.78 is 57.8. The fourth-order valence-corrected chi connectivity index (χ4v) is 12.5. The molecular formula is C48H41N3O6P2. The highest BCUT2D eigenvalue weighted by Gasteiger charge is 2.52. The van der Waals surface area contributed by atoms with Gasteiger partial charge in [0.1, 0.15) is 0 Å². The zero-order chi connectivity index (χ0) is 40.1. The molecule has 9 rings (SSSR count). The molecule has 0 aliphatic carbocycles. The van der Waals surface area contributed by atoms with Crippen molar-refractivity contribution in [2.75, 3.05) is 0 Å². The number of nitrogens with one attached hydrogen (secondary N) is 1. The minimum Gasteiger partial charge on any atom is -0.303 e. The van der Waals surface area contributed by atoms with Crippen molar-refractivity contribution in [2.45, 2.75) is 38.2 Å². The maximum atomic E-state index is 15.9. The molecule has 0 unspecified atom stereocenters. The van der Waals surface area contributed by atoms with Crippen LogP contribution in [0.5, 0.6) is 0 Å². The Hall–Kier alpha value is -5.76. The molecule has 59 heavy (non-hydrogen) atoms. The van der Waals surface area contributed by atoms with Gasteiger partial charge in [0, 0.05) is 6.42 Å². The van der Waals surface area contributed by atoms with Crippen molar-refractivity contribution in [1.82, 2.24) is 15.4 Å². The first-order valence-corrected chi connectivity index (χ1v) is 22.6. The molecule has 11 heteroatoms. The van der Waals surface area contributed by atoms with Crippen LogP contribution in [-0.2, 0) is 60.1 Å². The summed E-state index contributed by atoms with van der Waals surface area (Å²) in [6.07, 6.45) is 1.36. The minimum absolute atomic E-state index is 0.0928. The second-order valence-corrected chi connectivity index (χ2v) is 19.4. The fraction of sp³-hybridized carbons (Fsp3) is 0.125. The van der Waals surface area contributed by atoms with Gasteiger partial charge in [-0.2, -0.15) is 15.4 Å². The van der Waals surface area contributed by atoms with Gasteiger partial charge in [-0.3, -0.25) is 9.13 Å². The lowest BCUT2D eigenvalue weighted by molar-refractivity contribution is 0.167. The van der Waals surface area contributed by atoms with Crippen LogP contribution in [0.2, 0.25) is 0 Å². The van der Waals surface area contributed by atoms with Crippen molar-refractivity contribution < 1.29 is 27.2 Å². The van der Waals surface area contributed by atoms with E-state index < -0.39 is 20.6 Å². The predicted molar refractivity (Wildman–Crippen MR) is 234 cm³/mol. The summed E-state index contributed by atoms with van der Waals surface area (Å²) in [6, 6.07) is 55.6. The standard InChI is InChI=1S/C48H41N3O6P2/c52-58(54-31-35-17-21-39-9-1-5-13-43(39)25-35,55-32-36-18-22-40-10-2-6-14-44(40)26-36)48(29-47-30-49-51-50-47)59(53,56-33-37-19-23-41-11-3-7-15-45(41)27-37)57-34-38-20-24-42-12-4-8-16-46(42)28-38/h1-28,30,48H,29,31-34H2,(H,49,50,51). The molecule has 8 aromatic carbocycles. The Labute approximate surface area is 342 Å². The van der Waals surface area contributed by atoms with E-state index in [1.807, 2.05) is 170 Å². The SMILES string of the molecule is O=P(OCc1ccc2ccccc2c1)(OCc1ccc2ccccc2c1)C(Cc1cn[nH]n1)P(=O)(OCc1ccc2ccccc2c1)OCc1ccc2ccccc2c1.